The lowest BCUT2D eigenvalue weighted by atomic mass is 9.85. The summed E-state index contributed by atoms with van der Waals surface area (Å²) < 4.78 is 5.42. The highest BCUT2D eigenvalue weighted by molar-refractivity contribution is 5.74. The molecular formula is C15H19NO2. The molecule has 2 N–H and O–H groups in total. The maximum atomic E-state index is 12.1. The summed E-state index contributed by atoms with van der Waals surface area (Å²) in [6.07, 6.45) is 3.45. The van der Waals surface area contributed by atoms with Gasteiger partial charge in [-0.05, 0) is 36.7 Å². The monoisotopic (exact) mass is 245 g/mol. The first-order chi connectivity index (χ1) is 8.75. The van der Waals surface area contributed by atoms with Crippen LogP contribution >= 0.6 is 0 Å². The van der Waals surface area contributed by atoms with Crippen LogP contribution in [0.2, 0.25) is 0 Å². The van der Waals surface area contributed by atoms with E-state index in [9.17, 15) is 4.79 Å². The molecule has 1 aromatic carbocycles. The van der Waals surface area contributed by atoms with E-state index < -0.39 is 0 Å². The van der Waals surface area contributed by atoms with Crippen LogP contribution in [0.3, 0.4) is 0 Å². The third kappa shape index (κ3) is 2.03. The van der Waals surface area contributed by atoms with E-state index in [0.717, 1.165) is 18.4 Å². The van der Waals surface area contributed by atoms with Gasteiger partial charge in [0.2, 0.25) is 0 Å². The molecule has 4 atom stereocenters. The van der Waals surface area contributed by atoms with E-state index in [1.54, 1.807) is 0 Å². The molecule has 2 aliphatic rings. The number of carbonyl (C=O) groups excluding carboxylic acids is 1. The predicted octanol–water partition coefficient (Wildman–Crippen LogP) is 2.10. The summed E-state index contributed by atoms with van der Waals surface area (Å²) in [6, 6.07) is 9.81. The second kappa shape index (κ2) is 4.73. The number of hydrogen-bond donors (Lipinski definition) is 1. The highest BCUT2D eigenvalue weighted by Crippen LogP contribution is 2.48. The first-order valence-electron chi connectivity index (χ1n) is 6.72. The molecule has 0 spiro atoms. The van der Waals surface area contributed by atoms with Gasteiger partial charge in [0.25, 0.3) is 0 Å². The quantitative estimate of drug-likeness (QED) is 0.830. The van der Waals surface area contributed by atoms with Crippen molar-refractivity contribution >= 4 is 5.97 Å². The van der Waals surface area contributed by atoms with Gasteiger partial charge in [-0.2, -0.15) is 0 Å². The molecule has 2 aliphatic carbocycles. The van der Waals surface area contributed by atoms with Crippen LogP contribution in [-0.2, 0) is 16.1 Å². The van der Waals surface area contributed by atoms with Crippen LogP contribution in [-0.4, -0.2) is 12.0 Å². The van der Waals surface area contributed by atoms with E-state index in [0.29, 0.717) is 18.4 Å². The summed E-state index contributed by atoms with van der Waals surface area (Å²) in [6.45, 7) is 0.361. The third-order valence-corrected chi connectivity index (χ3v) is 4.48. The molecule has 0 aromatic heterocycles. The minimum Gasteiger partial charge on any atom is -0.461 e. The number of rotatable bonds is 3. The SMILES string of the molecule is N[C@@H]1[C@H]2CC[C@@H](C2)[C@@H]1C(=O)OCc1ccccc1. The Balaban J connectivity index is 1.59. The fraction of sp³-hybridized carbons (Fsp3) is 0.533. The number of benzene rings is 1. The minimum atomic E-state index is -0.0986. The Bertz CT molecular complexity index is 429. The zero-order valence-electron chi connectivity index (χ0n) is 10.4. The highest BCUT2D eigenvalue weighted by atomic mass is 16.5. The molecule has 0 heterocycles. The molecular weight excluding hydrogens is 226 g/mol. The average molecular weight is 245 g/mol. The summed E-state index contributed by atoms with van der Waals surface area (Å²) in [5.74, 6) is 0.851. The normalized spacial score (nSPS) is 33.6. The van der Waals surface area contributed by atoms with Crippen LogP contribution in [0, 0.1) is 17.8 Å². The van der Waals surface area contributed by atoms with Crippen molar-refractivity contribution in [2.75, 3.05) is 0 Å². The van der Waals surface area contributed by atoms with Gasteiger partial charge in [0.15, 0.2) is 0 Å². The Morgan fingerprint density at radius 2 is 1.94 bits per heavy atom. The molecule has 2 saturated carbocycles. The maximum Gasteiger partial charge on any atom is 0.311 e. The smallest absolute Gasteiger partial charge is 0.311 e. The Morgan fingerprint density at radius 1 is 1.22 bits per heavy atom. The van der Waals surface area contributed by atoms with Crippen molar-refractivity contribution in [2.45, 2.75) is 31.9 Å². The first-order valence-corrected chi connectivity index (χ1v) is 6.72. The van der Waals surface area contributed by atoms with Gasteiger partial charge in [0, 0.05) is 6.04 Å². The van der Waals surface area contributed by atoms with Crippen LogP contribution < -0.4 is 5.73 Å². The second-order valence-electron chi connectivity index (χ2n) is 5.53. The van der Waals surface area contributed by atoms with Crippen molar-refractivity contribution in [2.24, 2.45) is 23.5 Å². The summed E-state index contributed by atoms with van der Waals surface area (Å²) in [7, 11) is 0. The van der Waals surface area contributed by atoms with Gasteiger partial charge in [0.1, 0.15) is 6.61 Å². The van der Waals surface area contributed by atoms with Crippen molar-refractivity contribution < 1.29 is 9.53 Å². The zero-order chi connectivity index (χ0) is 12.5. The highest BCUT2D eigenvalue weighted by Gasteiger charge is 2.49. The number of ether oxygens (including phenoxy) is 1. The van der Waals surface area contributed by atoms with E-state index in [1.807, 2.05) is 30.3 Å². The van der Waals surface area contributed by atoms with Gasteiger partial charge in [-0.3, -0.25) is 4.79 Å². The van der Waals surface area contributed by atoms with E-state index >= 15 is 0 Å². The zero-order valence-corrected chi connectivity index (χ0v) is 10.4. The fourth-order valence-electron chi connectivity index (χ4n) is 3.51. The first kappa shape index (κ1) is 11.7. The Labute approximate surface area is 107 Å². The Morgan fingerprint density at radius 3 is 2.61 bits per heavy atom. The van der Waals surface area contributed by atoms with Gasteiger partial charge in [-0.1, -0.05) is 30.3 Å². The fourth-order valence-corrected chi connectivity index (χ4v) is 3.51. The molecule has 2 fully saturated rings. The number of fused-ring (bicyclic) bond motifs is 2. The van der Waals surface area contributed by atoms with Gasteiger partial charge < -0.3 is 10.5 Å². The summed E-state index contributed by atoms with van der Waals surface area (Å²) >= 11 is 0. The summed E-state index contributed by atoms with van der Waals surface area (Å²) in [4.78, 5) is 12.1. The average Bonchev–Trinajstić information content (AvgIpc) is 2.98. The van der Waals surface area contributed by atoms with E-state index in [2.05, 4.69) is 0 Å². The standard InChI is InChI=1S/C15H19NO2/c16-14-12-7-6-11(8-12)13(14)15(17)18-9-10-4-2-1-3-5-10/h1-5,11-14H,6-9,16H2/t11-,12-,13-,14+/m0/s1. The largest absolute Gasteiger partial charge is 0.461 e. The van der Waals surface area contributed by atoms with E-state index in [-0.39, 0.29) is 17.9 Å². The van der Waals surface area contributed by atoms with Gasteiger partial charge >= 0.3 is 5.97 Å². The molecule has 3 rings (SSSR count). The van der Waals surface area contributed by atoms with E-state index in [4.69, 9.17) is 10.5 Å². The number of esters is 1. The Hall–Kier alpha value is -1.35. The van der Waals surface area contributed by atoms with Gasteiger partial charge in [-0.25, -0.2) is 0 Å². The lowest BCUT2D eigenvalue weighted by molar-refractivity contribution is -0.152. The lowest BCUT2D eigenvalue weighted by Crippen LogP contribution is -2.40. The van der Waals surface area contributed by atoms with E-state index in [1.165, 1.54) is 6.42 Å². The molecule has 2 bridgehead atoms. The predicted molar refractivity (Wildman–Crippen MR) is 68.5 cm³/mol. The molecule has 18 heavy (non-hydrogen) atoms. The number of carbonyl (C=O) groups is 1. The van der Waals surface area contributed by atoms with Crippen molar-refractivity contribution in [3.63, 3.8) is 0 Å². The van der Waals surface area contributed by atoms with Crippen molar-refractivity contribution in [3.8, 4) is 0 Å². The molecule has 3 heteroatoms. The number of nitrogens with two attached hydrogens (primary N) is 1. The molecule has 0 amide bonds. The Kier molecular flexibility index (Phi) is 3.08. The maximum absolute atomic E-state index is 12.1. The van der Waals surface area contributed by atoms with Crippen LogP contribution in [0.5, 0.6) is 0 Å². The molecule has 0 radical (unpaired) electrons. The molecule has 0 aliphatic heterocycles. The molecule has 3 nitrogen and oxygen atoms in total. The second-order valence-corrected chi connectivity index (χ2v) is 5.53. The molecule has 1 aromatic rings. The van der Waals surface area contributed by atoms with Crippen molar-refractivity contribution in [1.29, 1.82) is 0 Å². The van der Waals surface area contributed by atoms with Gasteiger partial charge in [0.05, 0.1) is 5.92 Å². The van der Waals surface area contributed by atoms with Crippen molar-refractivity contribution in [3.05, 3.63) is 35.9 Å². The minimum absolute atomic E-state index is 0.0204. The topological polar surface area (TPSA) is 52.3 Å². The molecule has 0 unspecified atom stereocenters. The van der Waals surface area contributed by atoms with Crippen LogP contribution in [0.1, 0.15) is 24.8 Å². The lowest BCUT2D eigenvalue weighted by Gasteiger charge is -2.26. The van der Waals surface area contributed by atoms with Crippen LogP contribution in [0.4, 0.5) is 0 Å². The van der Waals surface area contributed by atoms with Crippen LogP contribution in [0.15, 0.2) is 30.3 Å². The van der Waals surface area contributed by atoms with Gasteiger partial charge in [-0.15, -0.1) is 0 Å². The summed E-state index contributed by atoms with van der Waals surface area (Å²) in [5, 5.41) is 0. The summed E-state index contributed by atoms with van der Waals surface area (Å²) in [5.41, 5.74) is 7.16. The molecule has 0 saturated heterocycles. The third-order valence-electron chi connectivity index (χ3n) is 4.48. The molecule has 96 valence electrons. The number of hydrogen-bond acceptors (Lipinski definition) is 3. The van der Waals surface area contributed by atoms with Crippen LogP contribution in [0.25, 0.3) is 0 Å². The van der Waals surface area contributed by atoms with Crippen molar-refractivity contribution in [1.82, 2.24) is 0 Å².